The molecule has 0 spiro atoms. The third-order valence-corrected chi connectivity index (χ3v) is 2.75. The maximum atomic E-state index is 5.99. The topological polar surface area (TPSA) is 51.8 Å². The quantitative estimate of drug-likeness (QED) is 0.791. The average Bonchev–Trinajstić information content (AvgIpc) is 2.78. The maximum absolute atomic E-state index is 5.99. The molecule has 0 aromatic carbocycles. The summed E-state index contributed by atoms with van der Waals surface area (Å²) in [5.74, 6) is 0.835. The molecule has 0 saturated carbocycles. The van der Waals surface area contributed by atoms with E-state index in [0.717, 1.165) is 6.42 Å². The number of hydrogen-bond acceptors (Lipinski definition) is 4. The molecule has 0 N–H and O–H groups in total. The minimum absolute atomic E-state index is 0.232. The van der Waals surface area contributed by atoms with Crippen LogP contribution in [0.5, 0.6) is 0 Å². The molecule has 2 rings (SSSR count). The highest BCUT2D eigenvalue weighted by Gasteiger charge is 2.15. The zero-order valence-corrected chi connectivity index (χ0v) is 10.0. The van der Waals surface area contributed by atoms with E-state index in [2.05, 4.69) is 15.1 Å². The molecular weight excluding hydrogens is 249 g/mol. The number of halogens is 2. The molecule has 6 heteroatoms. The lowest BCUT2D eigenvalue weighted by Crippen LogP contribution is -1.91. The zero-order valence-electron chi connectivity index (χ0n) is 8.52. The van der Waals surface area contributed by atoms with Crippen molar-refractivity contribution in [3.05, 3.63) is 29.2 Å². The highest BCUT2D eigenvalue weighted by molar-refractivity contribution is 6.30. The number of nitrogens with zero attached hydrogens (tertiary/aromatic N) is 3. The minimum Gasteiger partial charge on any atom is -0.332 e. The van der Waals surface area contributed by atoms with Crippen LogP contribution in [0.25, 0.3) is 11.6 Å². The summed E-state index contributed by atoms with van der Waals surface area (Å²) in [5.41, 5.74) is 0.586. The van der Waals surface area contributed by atoms with Crippen molar-refractivity contribution in [3.8, 4) is 11.6 Å². The summed E-state index contributed by atoms with van der Waals surface area (Å²) in [4.78, 5) is 8.24. The first kappa shape index (κ1) is 11.4. The van der Waals surface area contributed by atoms with Crippen molar-refractivity contribution in [1.29, 1.82) is 0 Å². The maximum Gasteiger partial charge on any atom is 0.276 e. The van der Waals surface area contributed by atoms with E-state index in [1.165, 1.54) is 6.20 Å². The van der Waals surface area contributed by atoms with E-state index in [4.69, 9.17) is 27.7 Å². The number of pyridine rings is 1. The normalized spacial score (nSPS) is 12.7. The van der Waals surface area contributed by atoms with E-state index < -0.39 is 0 Å². The summed E-state index contributed by atoms with van der Waals surface area (Å²) in [6.07, 6.45) is 2.27. The van der Waals surface area contributed by atoms with Crippen LogP contribution in [0.4, 0.5) is 0 Å². The molecule has 0 aliphatic carbocycles. The molecule has 0 radical (unpaired) electrons. The fraction of sp³-hybridized carbons (Fsp3) is 0.300. The minimum atomic E-state index is -0.232. The largest absolute Gasteiger partial charge is 0.332 e. The molecular formula is C10H9Cl2N3O. The van der Waals surface area contributed by atoms with Crippen molar-refractivity contribution >= 4 is 23.2 Å². The number of hydrogen-bond donors (Lipinski definition) is 0. The lowest BCUT2D eigenvalue weighted by atomic mass is 10.3. The lowest BCUT2D eigenvalue weighted by Gasteiger charge is -1.96. The van der Waals surface area contributed by atoms with Crippen molar-refractivity contribution in [2.24, 2.45) is 0 Å². The summed E-state index contributed by atoms with van der Waals surface area (Å²) in [6, 6.07) is 3.43. The third kappa shape index (κ3) is 2.33. The molecule has 2 heterocycles. The van der Waals surface area contributed by atoms with Crippen LogP contribution in [-0.2, 0) is 0 Å². The predicted molar refractivity (Wildman–Crippen MR) is 61.4 cm³/mol. The molecule has 0 aliphatic rings. The summed E-state index contributed by atoms with van der Waals surface area (Å²) in [7, 11) is 0. The van der Waals surface area contributed by atoms with Crippen molar-refractivity contribution in [1.82, 2.24) is 15.1 Å². The van der Waals surface area contributed by atoms with Gasteiger partial charge in [-0.05, 0) is 18.6 Å². The van der Waals surface area contributed by atoms with Gasteiger partial charge in [-0.2, -0.15) is 4.98 Å². The first-order valence-corrected chi connectivity index (χ1v) is 5.61. The predicted octanol–water partition coefficient (Wildman–Crippen LogP) is 3.47. The van der Waals surface area contributed by atoms with E-state index in [1.807, 2.05) is 6.92 Å². The van der Waals surface area contributed by atoms with Gasteiger partial charge in [0.15, 0.2) is 5.82 Å². The molecule has 1 unspecified atom stereocenters. The van der Waals surface area contributed by atoms with Gasteiger partial charge in [-0.3, -0.25) is 0 Å². The SMILES string of the molecule is CCC(Cl)c1noc(-c2ccc(Cl)cn2)n1. The van der Waals surface area contributed by atoms with Gasteiger partial charge in [-0.15, -0.1) is 11.6 Å². The number of aromatic nitrogens is 3. The van der Waals surface area contributed by atoms with Crippen molar-refractivity contribution in [2.75, 3.05) is 0 Å². The van der Waals surface area contributed by atoms with Gasteiger partial charge in [0.05, 0.1) is 10.4 Å². The van der Waals surface area contributed by atoms with Gasteiger partial charge in [0.25, 0.3) is 5.89 Å². The van der Waals surface area contributed by atoms with Crippen LogP contribution in [0, 0.1) is 0 Å². The molecule has 4 nitrogen and oxygen atoms in total. The van der Waals surface area contributed by atoms with E-state index in [0.29, 0.717) is 22.4 Å². The van der Waals surface area contributed by atoms with Crippen molar-refractivity contribution in [2.45, 2.75) is 18.7 Å². The van der Waals surface area contributed by atoms with Crippen molar-refractivity contribution in [3.63, 3.8) is 0 Å². The molecule has 0 amide bonds. The van der Waals surface area contributed by atoms with E-state index >= 15 is 0 Å². The highest BCUT2D eigenvalue weighted by atomic mass is 35.5. The second-order valence-electron chi connectivity index (χ2n) is 3.20. The average molecular weight is 258 g/mol. The van der Waals surface area contributed by atoms with Crippen LogP contribution >= 0.6 is 23.2 Å². The Morgan fingerprint density at radius 2 is 2.25 bits per heavy atom. The fourth-order valence-electron chi connectivity index (χ4n) is 1.15. The third-order valence-electron chi connectivity index (χ3n) is 2.03. The Kier molecular flexibility index (Phi) is 3.41. The fourth-order valence-corrected chi connectivity index (χ4v) is 1.35. The Morgan fingerprint density at radius 1 is 1.44 bits per heavy atom. The molecule has 0 bridgehead atoms. The van der Waals surface area contributed by atoms with Crippen LogP contribution < -0.4 is 0 Å². The van der Waals surface area contributed by atoms with Gasteiger partial charge < -0.3 is 4.52 Å². The molecule has 0 aliphatic heterocycles. The summed E-state index contributed by atoms with van der Waals surface area (Å²) in [5, 5.41) is 4.13. The Balaban J connectivity index is 2.28. The molecule has 0 saturated heterocycles. The lowest BCUT2D eigenvalue weighted by molar-refractivity contribution is 0.420. The van der Waals surface area contributed by atoms with Crippen LogP contribution in [-0.4, -0.2) is 15.1 Å². The van der Waals surface area contributed by atoms with Gasteiger partial charge >= 0.3 is 0 Å². The molecule has 2 aromatic heterocycles. The van der Waals surface area contributed by atoms with Gasteiger partial charge in [-0.25, -0.2) is 4.98 Å². The smallest absolute Gasteiger partial charge is 0.276 e. The highest BCUT2D eigenvalue weighted by Crippen LogP contribution is 2.23. The van der Waals surface area contributed by atoms with E-state index in [9.17, 15) is 0 Å². The van der Waals surface area contributed by atoms with Crippen LogP contribution in [0.3, 0.4) is 0 Å². The second-order valence-corrected chi connectivity index (χ2v) is 4.16. The number of alkyl halides is 1. The summed E-state index contributed by atoms with van der Waals surface area (Å²) >= 11 is 11.7. The Morgan fingerprint density at radius 3 is 2.88 bits per heavy atom. The van der Waals surface area contributed by atoms with E-state index in [-0.39, 0.29) is 5.38 Å². The summed E-state index contributed by atoms with van der Waals surface area (Å²) in [6.45, 7) is 1.95. The van der Waals surface area contributed by atoms with Gasteiger partial charge in [-0.1, -0.05) is 23.7 Å². The standard InChI is InChI=1S/C10H9Cl2N3O/c1-2-7(12)9-14-10(16-15-9)8-4-3-6(11)5-13-8/h3-5,7H,2H2,1H3. The summed E-state index contributed by atoms with van der Waals surface area (Å²) < 4.78 is 5.06. The van der Waals surface area contributed by atoms with Gasteiger partial charge in [0.2, 0.25) is 0 Å². The van der Waals surface area contributed by atoms with E-state index in [1.54, 1.807) is 12.1 Å². The number of rotatable bonds is 3. The second kappa shape index (κ2) is 4.80. The molecule has 16 heavy (non-hydrogen) atoms. The Hall–Kier alpha value is -1.13. The first-order valence-electron chi connectivity index (χ1n) is 4.80. The monoisotopic (exact) mass is 257 g/mol. The molecule has 1 atom stereocenters. The first-order chi connectivity index (χ1) is 7.70. The molecule has 2 aromatic rings. The van der Waals surface area contributed by atoms with Crippen LogP contribution in [0.2, 0.25) is 5.02 Å². The van der Waals surface area contributed by atoms with Crippen molar-refractivity contribution < 1.29 is 4.52 Å². The van der Waals surface area contributed by atoms with Gasteiger partial charge in [0, 0.05) is 6.20 Å². The Bertz CT molecular complexity index is 469. The zero-order chi connectivity index (χ0) is 11.5. The van der Waals surface area contributed by atoms with Crippen LogP contribution in [0.1, 0.15) is 24.5 Å². The van der Waals surface area contributed by atoms with Crippen LogP contribution in [0.15, 0.2) is 22.9 Å². The molecule has 0 fully saturated rings. The Labute approximate surface area is 103 Å². The molecule has 84 valence electrons. The van der Waals surface area contributed by atoms with Gasteiger partial charge in [0.1, 0.15) is 5.69 Å².